The Morgan fingerprint density at radius 2 is 1.95 bits per heavy atom. The third-order valence-corrected chi connectivity index (χ3v) is 5.71. The minimum Gasteiger partial charge on any atom is -0.350 e. The number of nitrogens with zero attached hydrogens (tertiary/aromatic N) is 1. The predicted molar refractivity (Wildman–Crippen MR) is 89.2 cm³/mol. The van der Waals surface area contributed by atoms with E-state index in [0.717, 1.165) is 22.6 Å². The summed E-state index contributed by atoms with van der Waals surface area (Å²) in [6, 6.07) is 15.5. The average Bonchev–Trinajstić information content (AvgIpc) is 3.11. The molecule has 0 radical (unpaired) electrons. The first kappa shape index (κ1) is 14.1. The zero-order chi connectivity index (χ0) is 15.2. The SMILES string of the molecule is O=C1N(Cc2ccccc2Cl)c2ccccc2C12OCCS2. The molecule has 2 aromatic carbocycles. The molecular formula is C17H14ClNO2S. The molecule has 1 unspecified atom stereocenters. The van der Waals surface area contributed by atoms with Crippen molar-refractivity contribution in [1.29, 1.82) is 0 Å². The van der Waals surface area contributed by atoms with Gasteiger partial charge in [0.15, 0.2) is 0 Å². The zero-order valence-corrected chi connectivity index (χ0v) is 13.4. The van der Waals surface area contributed by atoms with E-state index in [0.29, 0.717) is 18.2 Å². The maximum Gasteiger partial charge on any atom is 0.275 e. The number of hydrogen-bond acceptors (Lipinski definition) is 3. The monoisotopic (exact) mass is 331 g/mol. The number of hydrogen-bond donors (Lipinski definition) is 0. The topological polar surface area (TPSA) is 29.5 Å². The number of carbonyl (C=O) groups is 1. The molecule has 1 fully saturated rings. The lowest BCUT2D eigenvalue weighted by molar-refractivity contribution is -0.131. The molecule has 1 amide bonds. The number of fused-ring (bicyclic) bond motifs is 2. The molecule has 3 nitrogen and oxygen atoms in total. The Hall–Kier alpha value is -1.49. The Morgan fingerprint density at radius 3 is 2.73 bits per heavy atom. The number of ether oxygens (including phenoxy) is 1. The molecule has 1 saturated heterocycles. The van der Waals surface area contributed by atoms with Crippen LogP contribution in [0.25, 0.3) is 0 Å². The van der Waals surface area contributed by atoms with Crippen molar-refractivity contribution in [2.45, 2.75) is 11.5 Å². The van der Waals surface area contributed by atoms with Crippen molar-refractivity contribution in [2.24, 2.45) is 0 Å². The van der Waals surface area contributed by atoms with Crippen molar-refractivity contribution in [1.82, 2.24) is 0 Å². The quantitative estimate of drug-likeness (QED) is 0.838. The number of anilines is 1. The normalized spacial score (nSPS) is 23.3. The molecule has 112 valence electrons. The van der Waals surface area contributed by atoms with Crippen molar-refractivity contribution in [2.75, 3.05) is 17.3 Å². The smallest absolute Gasteiger partial charge is 0.275 e. The molecule has 5 heteroatoms. The minimum atomic E-state index is -0.863. The van der Waals surface area contributed by atoms with E-state index in [2.05, 4.69) is 0 Å². The summed E-state index contributed by atoms with van der Waals surface area (Å²) in [4.78, 5) is 14.0. The van der Waals surface area contributed by atoms with E-state index < -0.39 is 4.93 Å². The number of amides is 1. The standard InChI is InChI=1S/C17H14ClNO2S/c18-14-7-3-1-5-12(14)11-19-15-8-4-2-6-13(15)17(16(19)20)21-9-10-22-17/h1-8H,9-11H2. The summed E-state index contributed by atoms with van der Waals surface area (Å²) < 4.78 is 5.88. The fraction of sp³-hybridized carbons (Fsp3) is 0.235. The van der Waals surface area contributed by atoms with Gasteiger partial charge in [-0.2, -0.15) is 0 Å². The van der Waals surface area contributed by atoms with E-state index >= 15 is 0 Å². The average molecular weight is 332 g/mol. The highest BCUT2D eigenvalue weighted by Crippen LogP contribution is 2.52. The van der Waals surface area contributed by atoms with Crippen LogP contribution in [0.4, 0.5) is 5.69 Å². The van der Waals surface area contributed by atoms with Crippen LogP contribution in [0.1, 0.15) is 11.1 Å². The van der Waals surface area contributed by atoms with Crippen molar-refractivity contribution in [3.63, 3.8) is 0 Å². The van der Waals surface area contributed by atoms with E-state index in [4.69, 9.17) is 16.3 Å². The predicted octanol–water partition coefficient (Wildman–Crippen LogP) is 3.80. The summed E-state index contributed by atoms with van der Waals surface area (Å²) in [7, 11) is 0. The minimum absolute atomic E-state index is 0.00359. The number of carbonyl (C=O) groups excluding carboxylic acids is 1. The first-order valence-corrected chi connectivity index (χ1v) is 8.51. The maximum atomic E-state index is 13.0. The molecular weight excluding hydrogens is 318 g/mol. The summed E-state index contributed by atoms with van der Waals surface area (Å²) in [5.74, 6) is 0.830. The molecule has 0 bridgehead atoms. The largest absolute Gasteiger partial charge is 0.350 e. The number of para-hydroxylation sites is 1. The van der Waals surface area contributed by atoms with Gasteiger partial charge in [-0.05, 0) is 17.7 Å². The molecule has 2 aliphatic heterocycles. The first-order chi connectivity index (χ1) is 10.7. The van der Waals surface area contributed by atoms with Gasteiger partial charge in [-0.1, -0.05) is 48.0 Å². The third kappa shape index (κ3) is 1.98. The molecule has 0 aliphatic carbocycles. The van der Waals surface area contributed by atoms with Crippen LogP contribution in [0.2, 0.25) is 5.02 Å². The summed E-state index contributed by atoms with van der Waals surface area (Å²) in [5, 5.41) is 0.675. The van der Waals surface area contributed by atoms with E-state index in [1.807, 2.05) is 48.5 Å². The second-order valence-corrected chi connectivity index (χ2v) is 6.99. The van der Waals surface area contributed by atoms with Gasteiger partial charge in [0.25, 0.3) is 5.91 Å². The fourth-order valence-electron chi connectivity index (χ4n) is 3.03. The fourth-order valence-corrected chi connectivity index (χ4v) is 4.41. The lowest BCUT2D eigenvalue weighted by atomic mass is 10.1. The molecule has 2 heterocycles. The highest BCUT2D eigenvalue weighted by Gasteiger charge is 2.54. The van der Waals surface area contributed by atoms with E-state index in [1.54, 1.807) is 16.7 Å². The summed E-state index contributed by atoms with van der Waals surface area (Å²) in [6.45, 7) is 1.06. The van der Waals surface area contributed by atoms with Gasteiger partial charge in [-0.25, -0.2) is 0 Å². The van der Waals surface area contributed by atoms with Gasteiger partial charge in [0, 0.05) is 16.3 Å². The molecule has 0 N–H and O–H groups in total. The van der Waals surface area contributed by atoms with E-state index in [9.17, 15) is 4.79 Å². The second kappa shape index (κ2) is 5.30. The van der Waals surface area contributed by atoms with Crippen molar-refractivity contribution in [3.05, 3.63) is 64.7 Å². The molecule has 22 heavy (non-hydrogen) atoms. The summed E-state index contributed by atoms with van der Waals surface area (Å²) in [5.41, 5.74) is 2.81. The van der Waals surface area contributed by atoms with Crippen LogP contribution >= 0.6 is 23.4 Å². The van der Waals surface area contributed by atoms with Gasteiger partial charge in [0.05, 0.1) is 18.8 Å². The van der Waals surface area contributed by atoms with Gasteiger partial charge in [0.2, 0.25) is 4.93 Å². The first-order valence-electron chi connectivity index (χ1n) is 7.15. The lowest BCUT2D eigenvalue weighted by Gasteiger charge is -2.22. The van der Waals surface area contributed by atoms with Gasteiger partial charge in [0.1, 0.15) is 0 Å². The van der Waals surface area contributed by atoms with Gasteiger partial charge in [-0.3, -0.25) is 4.79 Å². The van der Waals surface area contributed by atoms with Crippen molar-refractivity contribution >= 4 is 35.0 Å². The van der Waals surface area contributed by atoms with Crippen molar-refractivity contribution < 1.29 is 9.53 Å². The number of rotatable bonds is 2. The van der Waals surface area contributed by atoms with Crippen LogP contribution < -0.4 is 4.90 Å². The van der Waals surface area contributed by atoms with E-state index in [-0.39, 0.29) is 5.91 Å². The molecule has 2 aromatic rings. The second-order valence-electron chi connectivity index (χ2n) is 5.31. The highest BCUT2D eigenvalue weighted by atomic mass is 35.5. The number of thioether (sulfide) groups is 1. The van der Waals surface area contributed by atoms with Crippen LogP contribution in [-0.4, -0.2) is 18.3 Å². The summed E-state index contributed by atoms with van der Waals surface area (Å²) in [6.07, 6.45) is 0. The molecule has 1 atom stereocenters. The van der Waals surface area contributed by atoms with Crippen molar-refractivity contribution in [3.8, 4) is 0 Å². The Bertz CT molecular complexity index is 743. The van der Waals surface area contributed by atoms with E-state index in [1.165, 1.54) is 0 Å². The van der Waals surface area contributed by atoms with Crippen LogP contribution in [0, 0.1) is 0 Å². The summed E-state index contributed by atoms with van der Waals surface area (Å²) >= 11 is 7.83. The molecule has 1 spiro atoms. The molecule has 2 aliphatic rings. The Labute approximate surface area is 138 Å². The lowest BCUT2D eigenvalue weighted by Crippen LogP contribution is -2.37. The molecule has 0 aromatic heterocycles. The Kier molecular flexibility index (Phi) is 3.40. The highest BCUT2D eigenvalue weighted by molar-refractivity contribution is 8.01. The number of halogens is 1. The molecule has 4 rings (SSSR count). The van der Waals surface area contributed by atoms with Gasteiger partial charge >= 0.3 is 0 Å². The number of benzene rings is 2. The van der Waals surface area contributed by atoms with Gasteiger partial charge in [-0.15, -0.1) is 11.8 Å². The zero-order valence-electron chi connectivity index (χ0n) is 11.8. The van der Waals surface area contributed by atoms with Crippen LogP contribution in [0.5, 0.6) is 0 Å². The molecule has 0 saturated carbocycles. The Morgan fingerprint density at radius 1 is 1.18 bits per heavy atom. The van der Waals surface area contributed by atoms with Crippen LogP contribution in [-0.2, 0) is 21.0 Å². The van der Waals surface area contributed by atoms with Crippen LogP contribution in [0.15, 0.2) is 48.5 Å². The van der Waals surface area contributed by atoms with Crippen LogP contribution in [0.3, 0.4) is 0 Å². The third-order valence-electron chi connectivity index (χ3n) is 4.06. The Balaban J connectivity index is 1.78. The maximum absolute atomic E-state index is 13.0. The van der Waals surface area contributed by atoms with Gasteiger partial charge < -0.3 is 9.64 Å².